The first-order chi connectivity index (χ1) is 7.79. The Bertz CT molecular complexity index is 214. The Morgan fingerprint density at radius 2 is 1.59 bits per heavy atom. The topological polar surface area (TPSA) is 27.1 Å². The minimum Gasteiger partial charge on any atom is -0.314 e. The standard InChI is InChI=1S/C14H31N3/c1-13(2,3)12-14(4,5)16-7-6-15-8-9-17-10-11-17/h15-16H,6-12H2,1-5H3. The third kappa shape index (κ3) is 8.58. The van der Waals surface area contributed by atoms with Crippen LogP contribution in [0.5, 0.6) is 0 Å². The highest BCUT2D eigenvalue weighted by Gasteiger charge is 2.24. The Balaban J connectivity index is 1.99. The number of rotatable bonds is 8. The highest BCUT2D eigenvalue weighted by molar-refractivity contribution is 4.83. The molecule has 0 unspecified atom stereocenters. The zero-order valence-corrected chi connectivity index (χ0v) is 12.4. The molecule has 1 heterocycles. The lowest BCUT2D eigenvalue weighted by atomic mass is 9.82. The highest BCUT2D eigenvalue weighted by atomic mass is 15.3. The molecule has 0 atom stereocenters. The Morgan fingerprint density at radius 1 is 0.941 bits per heavy atom. The predicted octanol–water partition coefficient (Wildman–Crippen LogP) is 1.70. The zero-order valence-electron chi connectivity index (χ0n) is 12.4. The van der Waals surface area contributed by atoms with Gasteiger partial charge in [-0.1, -0.05) is 20.8 Å². The van der Waals surface area contributed by atoms with Gasteiger partial charge in [-0.2, -0.15) is 0 Å². The van der Waals surface area contributed by atoms with Crippen LogP contribution in [-0.2, 0) is 0 Å². The van der Waals surface area contributed by atoms with Crippen molar-refractivity contribution in [3.8, 4) is 0 Å². The van der Waals surface area contributed by atoms with Crippen molar-refractivity contribution in [1.82, 2.24) is 15.5 Å². The number of nitrogens with one attached hydrogen (secondary N) is 2. The van der Waals surface area contributed by atoms with E-state index in [-0.39, 0.29) is 5.54 Å². The van der Waals surface area contributed by atoms with Crippen LogP contribution < -0.4 is 10.6 Å². The summed E-state index contributed by atoms with van der Waals surface area (Å²) < 4.78 is 0. The zero-order chi connectivity index (χ0) is 12.9. The Kier molecular flexibility index (Phi) is 5.42. The Hall–Kier alpha value is -0.120. The van der Waals surface area contributed by atoms with Gasteiger partial charge < -0.3 is 10.6 Å². The lowest BCUT2D eigenvalue weighted by Gasteiger charge is -2.33. The molecule has 0 bridgehead atoms. The van der Waals surface area contributed by atoms with E-state index in [1.54, 1.807) is 0 Å². The van der Waals surface area contributed by atoms with E-state index in [1.165, 1.54) is 26.1 Å². The first kappa shape index (κ1) is 14.9. The fraction of sp³-hybridized carbons (Fsp3) is 1.00. The quantitative estimate of drug-likeness (QED) is 0.500. The summed E-state index contributed by atoms with van der Waals surface area (Å²) in [6.07, 6.45) is 1.20. The van der Waals surface area contributed by atoms with Gasteiger partial charge in [0.2, 0.25) is 0 Å². The van der Waals surface area contributed by atoms with Crippen molar-refractivity contribution in [3.63, 3.8) is 0 Å². The van der Waals surface area contributed by atoms with Gasteiger partial charge in [0.25, 0.3) is 0 Å². The fourth-order valence-corrected chi connectivity index (χ4v) is 2.53. The van der Waals surface area contributed by atoms with Gasteiger partial charge >= 0.3 is 0 Å². The monoisotopic (exact) mass is 241 g/mol. The maximum Gasteiger partial charge on any atom is 0.0130 e. The number of hydrogen-bond acceptors (Lipinski definition) is 3. The van der Waals surface area contributed by atoms with Gasteiger partial charge in [-0.05, 0) is 25.7 Å². The SMILES string of the molecule is CC(C)(C)CC(C)(C)NCCNCCN1CC1. The second kappa shape index (κ2) is 6.17. The minimum absolute atomic E-state index is 0.236. The molecule has 0 radical (unpaired) electrons. The van der Waals surface area contributed by atoms with E-state index in [4.69, 9.17) is 0 Å². The molecule has 0 saturated carbocycles. The van der Waals surface area contributed by atoms with Gasteiger partial charge in [0.1, 0.15) is 0 Å². The molecule has 1 saturated heterocycles. The van der Waals surface area contributed by atoms with Crippen LogP contribution in [0.1, 0.15) is 41.0 Å². The average Bonchev–Trinajstić information content (AvgIpc) is 2.90. The van der Waals surface area contributed by atoms with E-state index < -0.39 is 0 Å². The van der Waals surface area contributed by atoms with E-state index >= 15 is 0 Å². The van der Waals surface area contributed by atoms with Gasteiger partial charge in [-0.3, -0.25) is 4.90 Å². The molecule has 17 heavy (non-hydrogen) atoms. The molecular weight excluding hydrogens is 210 g/mol. The fourth-order valence-electron chi connectivity index (χ4n) is 2.53. The summed E-state index contributed by atoms with van der Waals surface area (Å²) in [7, 11) is 0. The summed E-state index contributed by atoms with van der Waals surface area (Å²) in [6, 6.07) is 0. The van der Waals surface area contributed by atoms with Crippen LogP contribution in [-0.4, -0.2) is 49.7 Å². The van der Waals surface area contributed by atoms with Gasteiger partial charge in [0.15, 0.2) is 0 Å². The van der Waals surface area contributed by atoms with Crippen LogP contribution in [0.25, 0.3) is 0 Å². The molecule has 0 aromatic rings. The van der Waals surface area contributed by atoms with Crippen molar-refractivity contribution in [1.29, 1.82) is 0 Å². The van der Waals surface area contributed by atoms with Crippen LogP contribution in [0.2, 0.25) is 0 Å². The Morgan fingerprint density at radius 3 is 2.12 bits per heavy atom. The summed E-state index contributed by atoms with van der Waals surface area (Å²) in [5.41, 5.74) is 0.628. The molecule has 0 spiro atoms. The summed E-state index contributed by atoms with van der Waals surface area (Å²) in [6.45, 7) is 18.6. The molecule has 3 nitrogen and oxygen atoms in total. The van der Waals surface area contributed by atoms with Gasteiger partial charge in [-0.25, -0.2) is 0 Å². The van der Waals surface area contributed by atoms with Crippen molar-refractivity contribution in [2.45, 2.75) is 46.6 Å². The lowest BCUT2D eigenvalue weighted by Crippen LogP contribution is -2.45. The van der Waals surface area contributed by atoms with Crippen molar-refractivity contribution in [3.05, 3.63) is 0 Å². The van der Waals surface area contributed by atoms with E-state index in [1.807, 2.05) is 0 Å². The molecule has 0 aromatic carbocycles. The van der Waals surface area contributed by atoms with E-state index in [0.29, 0.717) is 5.41 Å². The summed E-state index contributed by atoms with van der Waals surface area (Å²) >= 11 is 0. The smallest absolute Gasteiger partial charge is 0.0130 e. The predicted molar refractivity (Wildman–Crippen MR) is 75.5 cm³/mol. The van der Waals surface area contributed by atoms with Crippen molar-refractivity contribution in [2.24, 2.45) is 5.41 Å². The molecule has 0 aliphatic carbocycles. The summed E-state index contributed by atoms with van der Waals surface area (Å²) in [5, 5.41) is 7.13. The van der Waals surface area contributed by atoms with E-state index in [2.05, 4.69) is 50.2 Å². The average molecular weight is 241 g/mol. The van der Waals surface area contributed by atoms with Crippen LogP contribution in [0.15, 0.2) is 0 Å². The summed E-state index contributed by atoms with van der Waals surface area (Å²) in [5.74, 6) is 0. The third-order valence-corrected chi connectivity index (χ3v) is 3.02. The van der Waals surface area contributed by atoms with Gasteiger partial charge in [0.05, 0.1) is 0 Å². The largest absolute Gasteiger partial charge is 0.314 e. The van der Waals surface area contributed by atoms with Gasteiger partial charge in [-0.15, -0.1) is 0 Å². The third-order valence-electron chi connectivity index (χ3n) is 3.02. The van der Waals surface area contributed by atoms with Crippen molar-refractivity contribution >= 4 is 0 Å². The number of nitrogens with zero attached hydrogens (tertiary/aromatic N) is 1. The molecule has 0 amide bonds. The minimum atomic E-state index is 0.236. The second-order valence-corrected chi connectivity index (χ2v) is 7.14. The first-order valence-corrected chi connectivity index (χ1v) is 6.97. The molecule has 2 N–H and O–H groups in total. The molecule has 1 fully saturated rings. The van der Waals surface area contributed by atoms with Crippen molar-refractivity contribution < 1.29 is 0 Å². The molecule has 1 aliphatic heterocycles. The van der Waals surface area contributed by atoms with E-state index in [0.717, 1.165) is 19.6 Å². The van der Waals surface area contributed by atoms with E-state index in [9.17, 15) is 0 Å². The molecule has 1 aliphatic rings. The van der Waals surface area contributed by atoms with Crippen LogP contribution in [0.3, 0.4) is 0 Å². The first-order valence-electron chi connectivity index (χ1n) is 6.97. The number of hydrogen-bond donors (Lipinski definition) is 2. The maximum atomic E-state index is 3.64. The Labute approximate surface area is 107 Å². The highest BCUT2D eigenvalue weighted by Crippen LogP contribution is 2.26. The van der Waals surface area contributed by atoms with Crippen LogP contribution >= 0.6 is 0 Å². The van der Waals surface area contributed by atoms with Crippen LogP contribution in [0, 0.1) is 5.41 Å². The van der Waals surface area contributed by atoms with Gasteiger partial charge in [0, 0.05) is 44.8 Å². The molecule has 1 rings (SSSR count). The maximum absolute atomic E-state index is 3.64. The molecule has 102 valence electrons. The second-order valence-electron chi connectivity index (χ2n) is 7.14. The van der Waals surface area contributed by atoms with Crippen LogP contribution in [0.4, 0.5) is 0 Å². The molecular formula is C14H31N3. The molecule has 0 aromatic heterocycles. The normalized spacial score (nSPS) is 17.5. The molecule has 3 heteroatoms. The summed E-state index contributed by atoms with van der Waals surface area (Å²) in [4.78, 5) is 2.45. The van der Waals surface area contributed by atoms with Crippen molar-refractivity contribution in [2.75, 3.05) is 39.3 Å². The lowest BCUT2D eigenvalue weighted by molar-refractivity contribution is 0.242.